The molecule has 206 valence electrons. The van der Waals surface area contributed by atoms with Crippen molar-refractivity contribution in [2.75, 3.05) is 18.6 Å². The molecule has 5 amide bonds. The number of fused-ring (bicyclic) bond motifs is 1. The number of thioether (sulfide) groups is 1. The third kappa shape index (κ3) is 9.42. The van der Waals surface area contributed by atoms with Gasteiger partial charge in [0.15, 0.2) is 0 Å². The Kier molecular flexibility index (Phi) is 11.6. The van der Waals surface area contributed by atoms with Crippen molar-refractivity contribution in [3.05, 3.63) is 36.0 Å². The molecule has 14 heteroatoms. The highest BCUT2D eigenvalue weighted by Gasteiger charge is 2.30. The molecule has 13 nitrogen and oxygen atoms in total. The average molecular weight is 549 g/mol. The Hall–Kier alpha value is -4.07. The summed E-state index contributed by atoms with van der Waals surface area (Å²) in [6, 6.07) is 3.68. The summed E-state index contributed by atoms with van der Waals surface area (Å²) in [5, 5.41) is 19.7. The maximum atomic E-state index is 13.4. The zero-order valence-electron chi connectivity index (χ0n) is 21.0. The monoisotopic (exact) mass is 548 g/mol. The van der Waals surface area contributed by atoms with Gasteiger partial charge in [0.25, 0.3) is 0 Å². The Bertz CT molecular complexity index is 1180. The predicted molar refractivity (Wildman–Crippen MR) is 141 cm³/mol. The van der Waals surface area contributed by atoms with E-state index in [0.717, 1.165) is 16.5 Å². The minimum absolute atomic E-state index is 0.0709. The fourth-order valence-corrected chi connectivity index (χ4v) is 4.10. The summed E-state index contributed by atoms with van der Waals surface area (Å²) >= 11 is 1.41. The van der Waals surface area contributed by atoms with Gasteiger partial charge >= 0.3 is 5.97 Å². The van der Waals surface area contributed by atoms with E-state index < -0.39 is 60.1 Å². The molecule has 2 rings (SSSR count). The van der Waals surface area contributed by atoms with Crippen molar-refractivity contribution in [1.29, 1.82) is 0 Å². The number of nitrogens with one attached hydrogen (secondary N) is 5. The lowest BCUT2D eigenvalue weighted by molar-refractivity contribution is -0.140. The van der Waals surface area contributed by atoms with Gasteiger partial charge in [-0.05, 0) is 30.1 Å². The minimum atomic E-state index is -1.46. The summed E-state index contributed by atoms with van der Waals surface area (Å²) < 4.78 is 0. The number of aromatic amines is 1. The first-order valence-corrected chi connectivity index (χ1v) is 13.1. The molecule has 0 spiro atoms. The number of para-hydroxylation sites is 1. The quantitative estimate of drug-likeness (QED) is 0.146. The number of primary amides is 1. The fourth-order valence-electron chi connectivity index (χ4n) is 3.63. The van der Waals surface area contributed by atoms with Gasteiger partial charge in [-0.15, -0.1) is 0 Å². The van der Waals surface area contributed by atoms with Gasteiger partial charge in [-0.2, -0.15) is 11.8 Å². The molecule has 0 aliphatic rings. The van der Waals surface area contributed by atoms with Crippen molar-refractivity contribution in [1.82, 2.24) is 26.3 Å². The van der Waals surface area contributed by atoms with E-state index in [9.17, 15) is 28.8 Å². The van der Waals surface area contributed by atoms with Gasteiger partial charge < -0.3 is 37.1 Å². The van der Waals surface area contributed by atoms with Crippen LogP contribution in [0.15, 0.2) is 30.5 Å². The number of hydrogen-bond donors (Lipinski definition) is 7. The van der Waals surface area contributed by atoms with Crippen molar-refractivity contribution in [2.45, 2.75) is 44.3 Å². The molecule has 0 unspecified atom stereocenters. The van der Waals surface area contributed by atoms with Crippen LogP contribution in [0.3, 0.4) is 0 Å². The number of hydrogen-bond acceptors (Lipinski definition) is 7. The van der Waals surface area contributed by atoms with E-state index in [4.69, 9.17) is 10.8 Å². The van der Waals surface area contributed by atoms with E-state index in [1.54, 1.807) is 12.5 Å². The lowest BCUT2D eigenvalue weighted by Gasteiger charge is -2.24. The molecular weight excluding hydrogens is 516 g/mol. The first kappa shape index (κ1) is 30.2. The Morgan fingerprint density at radius 2 is 1.66 bits per heavy atom. The van der Waals surface area contributed by atoms with Crippen molar-refractivity contribution in [3.63, 3.8) is 0 Å². The van der Waals surface area contributed by atoms with E-state index in [-0.39, 0.29) is 19.4 Å². The average Bonchev–Trinajstić information content (AvgIpc) is 3.26. The number of amides is 5. The van der Waals surface area contributed by atoms with Crippen LogP contribution in [0, 0.1) is 0 Å². The number of benzene rings is 1. The molecule has 1 aromatic carbocycles. The van der Waals surface area contributed by atoms with Crippen molar-refractivity contribution in [3.8, 4) is 0 Å². The van der Waals surface area contributed by atoms with Gasteiger partial charge in [0.1, 0.15) is 18.1 Å². The molecule has 0 bridgehead atoms. The first-order valence-electron chi connectivity index (χ1n) is 11.7. The molecule has 0 saturated heterocycles. The van der Waals surface area contributed by atoms with Gasteiger partial charge in [0, 0.05) is 30.4 Å². The number of aromatic nitrogens is 1. The van der Waals surface area contributed by atoms with Gasteiger partial charge in [0.2, 0.25) is 29.5 Å². The fraction of sp³-hybridized carbons (Fsp3) is 0.417. The van der Waals surface area contributed by atoms with Crippen molar-refractivity contribution in [2.24, 2.45) is 5.73 Å². The van der Waals surface area contributed by atoms with Gasteiger partial charge in [-0.3, -0.25) is 28.8 Å². The first-order chi connectivity index (χ1) is 18.0. The summed E-state index contributed by atoms with van der Waals surface area (Å²) in [7, 11) is 0. The Morgan fingerprint density at radius 1 is 1.00 bits per heavy atom. The zero-order chi connectivity index (χ0) is 28.2. The van der Waals surface area contributed by atoms with Crippen LogP contribution in [0.4, 0.5) is 0 Å². The summed E-state index contributed by atoms with van der Waals surface area (Å²) in [6.07, 6.45) is 3.03. The lowest BCUT2D eigenvalue weighted by atomic mass is 10.0. The van der Waals surface area contributed by atoms with E-state index in [1.807, 2.05) is 24.3 Å². The van der Waals surface area contributed by atoms with Crippen LogP contribution in [0.25, 0.3) is 10.9 Å². The van der Waals surface area contributed by atoms with Crippen molar-refractivity contribution < 1.29 is 33.9 Å². The molecule has 1 aromatic heterocycles. The summed E-state index contributed by atoms with van der Waals surface area (Å²) in [4.78, 5) is 75.7. The number of aliphatic carboxylic acids is 1. The number of carboxylic acids is 1. The number of carbonyl (C=O) groups is 6. The van der Waals surface area contributed by atoms with E-state index in [2.05, 4.69) is 26.3 Å². The molecule has 8 N–H and O–H groups in total. The molecule has 0 fully saturated rings. The Labute approximate surface area is 223 Å². The molecule has 0 aliphatic heterocycles. The Morgan fingerprint density at radius 3 is 2.29 bits per heavy atom. The maximum Gasteiger partial charge on any atom is 0.305 e. The normalized spacial score (nSPS) is 13.1. The zero-order valence-corrected chi connectivity index (χ0v) is 21.9. The topological polar surface area (TPSA) is 213 Å². The predicted octanol–water partition coefficient (Wildman–Crippen LogP) is -0.986. The highest BCUT2D eigenvalue weighted by atomic mass is 32.2. The molecule has 0 aliphatic carbocycles. The molecular formula is C24H32N6O7S. The molecule has 3 atom stereocenters. The molecule has 1 heterocycles. The van der Waals surface area contributed by atoms with Crippen LogP contribution in [0.1, 0.15) is 25.3 Å². The SMILES string of the molecule is CSCC[C@H](NC(=O)[C@H](Cc1c[nH]c2ccccc12)NC(=O)CNC(C)=O)C(=O)N[C@@H](CC(=O)O)C(N)=O. The lowest BCUT2D eigenvalue weighted by Crippen LogP contribution is -2.57. The van der Waals surface area contributed by atoms with Gasteiger partial charge in [-0.1, -0.05) is 18.2 Å². The largest absolute Gasteiger partial charge is 0.481 e. The van der Waals surface area contributed by atoms with E-state index in [1.165, 1.54) is 18.7 Å². The number of rotatable bonds is 15. The van der Waals surface area contributed by atoms with Crippen molar-refractivity contribution >= 4 is 58.2 Å². The van der Waals surface area contributed by atoms with E-state index >= 15 is 0 Å². The summed E-state index contributed by atoms with van der Waals surface area (Å²) in [5.74, 6) is -4.40. The van der Waals surface area contributed by atoms with Crippen LogP contribution in [0.5, 0.6) is 0 Å². The highest BCUT2D eigenvalue weighted by Crippen LogP contribution is 2.19. The van der Waals surface area contributed by atoms with Gasteiger partial charge in [0.05, 0.1) is 13.0 Å². The standard InChI is InChI=1S/C24H32N6O7S/c1-13(31)26-12-20(32)28-19(9-14-11-27-16-6-4-3-5-15(14)16)24(37)29-17(7-8-38-2)23(36)30-18(22(25)35)10-21(33)34/h3-6,11,17-19,27H,7-10,12H2,1-2H3,(H2,25,35)(H,26,31)(H,28,32)(H,29,37)(H,30,36)(H,33,34)/t17-,18-,19-/m0/s1. The third-order valence-electron chi connectivity index (χ3n) is 5.53. The second-order valence-corrected chi connectivity index (χ2v) is 9.48. The summed E-state index contributed by atoms with van der Waals surface area (Å²) in [5.41, 5.74) is 6.79. The second-order valence-electron chi connectivity index (χ2n) is 8.50. The number of H-pyrrole nitrogens is 1. The highest BCUT2D eigenvalue weighted by molar-refractivity contribution is 7.98. The van der Waals surface area contributed by atoms with Crippen LogP contribution >= 0.6 is 11.8 Å². The van der Waals surface area contributed by atoms with Crippen LogP contribution < -0.4 is 27.0 Å². The molecule has 38 heavy (non-hydrogen) atoms. The van der Waals surface area contributed by atoms with Crippen LogP contribution in [-0.2, 0) is 35.2 Å². The number of nitrogens with two attached hydrogens (primary N) is 1. The second kappa shape index (κ2) is 14.6. The van der Waals surface area contributed by atoms with E-state index in [0.29, 0.717) is 5.75 Å². The van der Waals surface area contributed by atoms with Crippen LogP contribution in [0.2, 0.25) is 0 Å². The van der Waals surface area contributed by atoms with Gasteiger partial charge in [-0.25, -0.2) is 0 Å². The Balaban J connectivity index is 2.25. The molecule has 0 radical (unpaired) electrons. The molecule has 2 aromatic rings. The minimum Gasteiger partial charge on any atom is -0.481 e. The molecule has 0 saturated carbocycles. The summed E-state index contributed by atoms with van der Waals surface area (Å²) in [6.45, 7) is 0.904. The number of carboxylic acid groups (broad SMARTS) is 1. The third-order valence-corrected chi connectivity index (χ3v) is 6.17. The maximum absolute atomic E-state index is 13.4. The smallest absolute Gasteiger partial charge is 0.305 e. The number of carbonyl (C=O) groups excluding carboxylic acids is 5. The van der Waals surface area contributed by atoms with Crippen LogP contribution in [-0.4, -0.2) is 82.3 Å².